The van der Waals surface area contributed by atoms with Crippen molar-refractivity contribution in [2.75, 3.05) is 7.11 Å². The SMILES string of the molecule is COc1c(C)cc(CC2(C#N)CCC2)cc1C. The van der Waals surface area contributed by atoms with Crippen molar-refractivity contribution in [3.8, 4) is 11.8 Å². The first-order chi connectivity index (χ1) is 8.10. The molecule has 1 aliphatic carbocycles. The molecule has 0 radical (unpaired) electrons. The molecule has 0 unspecified atom stereocenters. The van der Waals surface area contributed by atoms with Gasteiger partial charge < -0.3 is 4.74 Å². The van der Waals surface area contributed by atoms with Crippen molar-refractivity contribution in [1.29, 1.82) is 5.26 Å². The van der Waals surface area contributed by atoms with E-state index in [9.17, 15) is 5.26 Å². The zero-order chi connectivity index (χ0) is 12.5. The molecule has 0 aliphatic heterocycles. The molecule has 1 saturated carbocycles. The minimum atomic E-state index is -0.0898. The van der Waals surface area contributed by atoms with Crippen LogP contribution in [0, 0.1) is 30.6 Å². The summed E-state index contributed by atoms with van der Waals surface area (Å²) in [5.74, 6) is 0.966. The quantitative estimate of drug-likeness (QED) is 0.794. The van der Waals surface area contributed by atoms with Gasteiger partial charge in [0, 0.05) is 0 Å². The van der Waals surface area contributed by atoms with Gasteiger partial charge in [-0.05, 0) is 49.8 Å². The first kappa shape index (κ1) is 12.0. The maximum atomic E-state index is 9.26. The van der Waals surface area contributed by atoms with E-state index in [4.69, 9.17) is 4.74 Å². The van der Waals surface area contributed by atoms with Gasteiger partial charge in [0.1, 0.15) is 5.75 Å². The van der Waals surface area contributed by atoms with E-state index in [1.54, 1.807) is 7.11 Å². The molecular formula is C15H19NO. The van der Waals surface area contributed by atoms with Gasteiger partial charge in [0.05, 0.1) is 18.6 Å². The minimum Gasteiger partial charge on any atom is -0.496 e. The van der Waals surface area contributed by atoms with E-state index in [1.807, 2.05) is 0 Å². The van der Waals surface area contributed by atoms with Crippen LogP contribution in [0.25, 0.3) is 0 Å². The molecule has 2 heteroatoms. The summed E-state index contributed by atoms with van der Waals surface area (Å²) in [5, 5.41) is 9.26. The average molecular weight is 229 g/mol. The number of hydrogen-bond acceptors (Lipinski definition) is 2. The summed E-state index contributed by atoms with van der Waals surface area (Å²) in [4.78, 5) is 0. The van der Waals surface area contributed by atoms with E-state index in [0.717, 1.165) is 36.1 Å². The third kappa shape index (κ3) is 2.15. The summed E-state index contributed by atoms with van der Waals surface area (Å²) < 4.78 is 5.36. The van der Waals surface area contributed by atoms with Crippen molar-refractivity contribution in [2.24, 2.45) is 5.41 Å². The summed E-state index contributed by atoms with van der Waals surface area (Å²) in [5.41, 5.74) is 3.50. The van der Waals surface area contributed by atoms with Crippen LogP contribution in [0.2, 0.25) is 0 Å². The highest BCUT2D eigenvalue weighted by Crippen LogP contribution is 2.43. The maximum absolute atomic E-state index is 9.26. The number of methoxy groups -OCH3 is 1. The van der Waals surface area contributed by atoms with E-state index >= 15 is 0 Å². The molecule has 90 valence electrons. The lowest BCUT2D eigenvalue weighted by Crippen LogP contribution is -2.29. The summed E-state index contributed by atoms with van der Waals surface area (Å²) in [7, 11) is 1.71. The Bertz CT molecular complexity index is 443. The van der Waals surface area contributed by atoms with Crippen LogP contribution in [0.3, 0.4) is 0 Å². The van der Waals surface area contributed by atoms with E-state index in [2.05, 4.69) is 32.0 Å². The fourth-order valence-electron chi connectivity index (χ4n) is 2.79. The largest absolute Gasteiger partial charge is 0.496 e. The van der Waals surface area contributed by atoms with Crippen LogP contribution in [0.4, 0.5) is 0 Å². The number of rotatable bonds is 3. The Morgan fingerprint density at radius 3 is 2.24 bits per heavy atom. The van der Waals surface area contributed by atoms with Crippen LogP contribution in [-0.4, -0.2) is 7.11 Å². The van der Waals surface area contributed by atoms with E-state index < -0.39 is 0 Å². The summed E-state index contributed by atoms with van der Waals surface area (Å²) in [6.07, 6.45) is 4.18. The first-order valence-electron chi connectivity index (χ1n) is 6.15. The smallest absolute Gasteiger partial charge is 0.124 e. The Morgan fingerprint density at radius 2 is 1.88 bits per heavy atom. The Kier molecular flexibility index (Phi) is 3.11. The summed E-state index contributed by atoms with van der Waals surface area (Å²) >= 11 is 0. The molecule has 0 bridgehead atoms. The molecule has 0 saturated heterocycles. The zero-order valence-corrected chi connectivity index (χ0v) is 10.8. The molecule has 1 aromatic rings. The number of benzene rings is 1. The molecule has 0 spiro atoms. The number of ether oxygens (including phenoxy) is 1. The van der Waals surface area contributed by atoms with Gasteiger partial charge in [-0.15, -0.1) is 0 Å². The zero-order valence-electron chi connectivity index (χ0n) is 10.8. The molecule has 1 aliphatic rings. The highest BCUT2D eigenvalue weighted by atomic mass is 16.5. The molecule has 2 rings (SSSR count). The molecule has 0 aromatic heterocycles. The lowest BCUT2D eigenvalue weighted by atomic mass is 9.66. The van der Waals surface area contributed by atoms with Crippen molar-refractivity contribution >= 4 is 0 Å². The highest BCUT2D eigenvalue weighted by Gasteiger charge is 2.37. The van der Waals surface area contributed by atoms with Crippen LogP contribution in [0.1, 0.15) is 36.0 Å². The second-order valence-corrected chi connectivity index (χ2v) is 5.19. The molecule has 1 aromatic carbocycles. The van der Waals surface area contributed by atoms with Crippen LogP contribution in [0.5, 0.6) is 5.75 Å². The monoisotopic (exact) mass is 229 g/mol. The van der Waals surface area contributed by atoms with Crippen molar-refractivity contribution in [3.05, 3.63) is 28.8 Å². The molecule has 0 N–H and O–H groups in total. The van der Waals surface area contributed by atoms with Gasteiger partial charge in [-0.25, -0.2) is 0 Å². The fraction of sp³-hybridized carbons (Fsp3) is 0.533. The fourth-order valence-corrected chi connectivity index (χ4v) is 2.79. The molecule has 0 amide bonds. The molecule has 1 fully saturated rings. The Morgan fingerprint density at radius 1 is 1.29 bits per heavy atom. The number of nitrogens with zero attached hydrogens (tertiary/aromatic N) is 1. The van der Waals surface area contributed by atoms with Gasteiger partial charge in [0.2, 0.25) is 0 Å². The van der Waals surface area contributed by atoms with Crippen molar-refractivity contribution in [2.45, 2.75) is 39.5 Å². The van der Waals surface area contributed by atoms with E-state index in [1.165, 1.54) is 12.0 Å². The van der Waals surface area contributed by atoms with Crippen LogP contribution >= 0.6 is 0 Å². The van der Waals surface area contributed by atoms with Gasteiger partial charge >= 0.3 is 0 Å². The van der Waals surface area contributed by atoms with Crippen molar-refractivity contribution < 1.29 is 4.74 Å². The van der Waals surface area contributed by atoms with Crippen LogP contribution in [-0.2, 0) is 6.42 Å². The topological polar surface area (TPSA) is 33.0 Å². The summed E-state index contributed by atoms with van der Waals surface area (Å²) in [6, 6.07) is 6.81. The van der Waals surface area contributed by atoms with Crippen LogP contribution < -0.4 is 4.74 Å². The third-order valence-electron chi connectivity index (χ3n) is 3.81. The first-order valence-corrected chi connectivity index (χ1v) is 6.15. The van der Waals surface area contributed by atoms with Gasteiger partial charge in [-0.1, -0.05) is 18.6 Å². The Labute approximate surface area is 103 Å². The summed E-state index contributed by atoms with van der Waals surface area (Å²) in [6.45, 7) is 4.13. The van der Waals surface area contributed by atoms with Crippen molar-refractivity contribution in [3.63, 3.8) is 0 Å². The number of aryl methyl sites for hydroxylation is 2. The second kappa shape index (κ2) is 4.41. The van der Waals surface area contributed by atoms with E-state index in [0.29, 0.717) is 0 Å². The van der Waals surface area contributed by atoms with Crippen molar-refractivity contribution in [1.82, 2.24) is 0 Å². The van der Waals surface area contributed by atoms with Gasteiger partial charge in [0.25, 0.3) is 0 Å². The third-order valence-corrected chi connectivity index (χ3v) is 3.81. The average Bonchev–Trinajstić information content (AvgIpc) is 2.23. The highest BCUT2D eigenvalue weighted by molar-refractivity contribution is 5.43. The van der Waals surface area contributed by atoms with Gasteiger partial charge in [0.15, 0.2) is 0 Å². The molecular weight excluding hydrogens is 210 g/mol. The predicted octanol–water partition coefficient (Wildman–Crippen LogP) is 3.55. The lowest BCUT2D eigenvalue weighted by molar-refractivity contribution is 0.214. The molecule has 0 heterocycles. The minimum absolute atomic E-state index is 0.0898. The van der Waals surface area contributed by atoms with Gasteiger partial charge in [-0.3, -0.25) is 0 Å². The lowest BCUT2D eigenvalue weighted by Gasteiger charge is -2.35. The normalized spacial score (nSPS) is 17.1. The number of hydrogen-bond donors (Lipinski definition) is 0. The number of nitriles is 1. The van der Waals surface area contributed by atoms with Crippen LogP contribution in [0.15, 0.2) is 12.1 Å². The van der Waals surface area contributed by atoms with Gasteiger partial charge in [-0.2, -0.15) is 5.26 Å². The Hall–Kier alpha value is -1.49. The molecule has 2 nitrogen and oxygen atoms in total. The Balaban J connectivity index is 2.26. The molecule has 17 heavy (non-hydrogen) atoms. The second-order valence-electron chi connectivity index (χ2n) is 5.19. The van der Waals surface area contributed by atoms with E-state index in [-0.39, 0.29) is 5.41 Å². The molecule has 0 atom stereocenters. The predicted molar refractivity (Wildman–Crippen MR) is 68.1 cm³/mol. The standard InChI is InChI=1S/C15H19NO/c1-11-7-13(8-12(2)14(11)17-3)9-15(10-16)5-4-6-15/h7-8H,4-6,9H2,1-3H3. The maximum Gasteiger partial charge on any atom is 0.124 e.